The van der Waals surface area contributed by atoms with Gasteiger partial charge in [-0.3, -0.25) is 4.79 Å². The first-order valence-corrected chi connectivity index (χ1v) is 8.89. The predicted molar refractivity (Wildman–Crippen MR) is 104 cm³/mol. The van der Waals surface area contributed by atoms with Gasteiger partial charge in [-0.05, 0) is 35.7 Å². The van der Waals surface area contributed by atoms with Crippen molar-refractivity contribution in [2.75, 3.05) is 6.61 Å². The van der Waals surface area contributed by atoms with E-state index in [1.165, 1.54) is 5.56 Å². The molecular weight excluding hydrogens is 340 g/mol. The number of benzene rings is 3. The average Bonchev–Trinajstić information content (AvgIpc) is 2.70. The highest BCUT2D eigenvalue weighted by atomic mass is 16.6. The molecule has 1 atom stereocenters. The Balaban J connectivity index is 1.54. The molecule has 27 heavy (non-hydrogen) atoms. The van der Waals surface area contributed by atoms with Gasteiger partial charge in [0.25, 0.3) is 0 Å². The summed E-state index contributed by atoms with van der Waals surface area (Å²) in [4.78, 5) is 24.1. The number of rotatable bonds is 6. The maximum atomic E-state index is 12.3. The number of hydrogen-bond acceptors (Lipinski definition) is 4. The molecule has 3 aromatic rings. The number of fused-ring (bicyclic) bond motifs is 1. The Morgan fingerprint density at radius 3 is 2.37 bits per heavy atom. The van der Waals surface area contributed by atoms with E-state index >= 15 is 0 Å². The second-order valence-corrected chi connectivity index (χ2v) is 6.59. The molecule has 4 nitrogen and oxygen atoms in total. The Morgan fingerprint density at radius 2 is 1.59 bits per heavy atom. The summed E-state index contributed by atoms with van der Waals surface area (Å²) in [6.45, 7) is 3.59. The van der Waals surface area contributed by atoms with Crippen LogP contribution in [0.4, 0.5) is 0 Å². The largest absolute Gasteiger partial charge is 0.458 e. The second kappa shape index (κ2) is 8.49. The molecule has 0 saturated heterocycles. The fourth-order valence-electron chi connectivity index (χ4n) is 2.82. The lowest BCUT2D eigenvalue weighted by molar-refractivity contribution is -0.160. The van der Waals surface area contributed by atoms with Crippen LogP contribution in [0.5, 0.6) is 0 Å². The first-order chi connectivity index (χ1) is 13.0. The molecule has 0 fully saturated rings. The van der Waals surface area contributed by atoms with E-state index in [-0.39, 0.29) is 13.2 Å². The fourth-order valence-corrected chi connectivity index (χ4v) is 2.82. The van der Waals surface area contributed by atoms with Crippen LogP contribution in [-0.4, -0.2) is 18.5 Å². The first-order valence-electron chi connectivity index (χ1n) is 8.89. The molecule has 0 aliphatic rings. The van der Waals surface area contributed by atoms with Crippen molar-refractivity contribution < 1.29 is 19.1 Å². The van der Waals surface area contributed by atoms with Gasteiger partial charge in [0.1, 0.15) is 6.61 Å². The maximum absolute atomic E-state index is 12.3. The third-order valence-electron chi connectivity index (χ3n) is 4.45. The molecule has 0 spiro atoms. The minimum Gasteiger partial charge on any atom is -0.458 e. The topological polar surface area (TPSA) is 52.6 Å². The molecule has 0 N–H and O–H groups in total. The Bertz CT molecular complexity index is 947. The summed E-state index contributed by atoms with van der Waals surface area (Å²) in [5.41, 5.74) is 2.93. The summed E-state index contributed by atoms with van der Waals surface area (Å²) in [7, 11) is 0. The Hall–Kier alpha value is -3.14. The lowest BCUT2D eigenvalue weighted by atomic mass is 9.97. The number of ether oxygens (including phenoxy) is 2. The van der Waals surface area contributed by atoms with E-state index in [1.54, 1.807) is 6.92 Å². The SMILES string of the molecule is Cc1ccc2cc(C(C)C(=O)OCC(=O)OCc3ccccc3)ccc2c1. The molecule has 0 aliphatic carbocycles. The summed E-state index contributed by atoms with van der Waals surface area (Å²) in [6, 6.07) is 21.4. The van der Waals surface area contributed by atoms with Crippen molar-refractivity contribution >= 4 is 22.7 Å². The number of hydrogen-bond donors (Lipinski definition) is 0. The third kappa shape index (κ3) is 4.94. The van der Waals surface area contributed by atoms with E-state index in [0.29, 0.717) is 0 Å². The van der Waals surface area contributed by atoms with Gasteiger partial charge in [0.15, 0.2) is 6.61 Å². The summed E-state index contributed by atoms with van der Waals surface area (Å²) < 4.78 is 10.2. The summed E-state index contributed by atoms with van der Waals surface area (Å²) in [5.74, 6) is -1.47. The molecular formula is C23H22O4. The van der Waals surface area contributed by atoms with Gasteiger partial charge in [-0.15, -0.1) is 0 Å². The van der Waals surface area contributed by atoms with Crippen LogP contribution in [0.3, 0.4) is 0 Å². The zero-order chi connectivity index (χ0) is 19.2. The summed E-state index contributed by atoms with van der Waals surface area (Å²) in [5, 5.41) is 2.20. The molecule has 0 saturated carbocycles. The van der Waals surface area contributed by atoms with Crippen molar-refractivity contribution in [3.05, 3.63) is 83.4 Å². The van der Waals surface area contributed by atoms with Crippen molar-refractivity contribution in [2.45, 2.75) is 26.4 Å². The number of aryl methyl sites for hydroxylation is 1. The lowest BCUT2D eigenvalue weighted by Crippen LogP contribution is -2.20. The number of carbonyl (C=O) groups excluding carboxylic acids is 2. The molecule has 138 valence electrons. The molecule has 3 aromatic carbocycles. The van der Waals surface area contributed by atoms with Gasteiger partial charge in [-0.25, -0.2) is 4.79 Å². The fraction of sp³-hybridized carbons (Fsp3) is 0.217. The molecule has 0 radical (unpaired) electrons. The standard InChI is InChI=1S/C23H22O4/c1-16-8-9-21-13-19(10-11-20(21)12-16)17(2)23(25)27-15-22(24)26-14-18-6-4-3-5-7-18/h3-13,17H,14-15H2,1-2H3. The van der Waals surface area contributed by atoms with E-state index in [0.717, 1.165) is 21.9 Å². The number of carbonyl (C=O) groups is 2. The van der Waals surface area contributed by atoms with Crippen LogP contribution in [-0.2, 0) is 25.7 Å². The van der Waals surface area contributed by atoms with Gasteiger partial charge in [0.05, 0.1) is 5.92 Å². The zero-order valence-electron chi connectivity index (χ0n) is 15.5. The zero-order valence-corrected chi connectivity index (χ0v) is 15.5. The van der Waals surface area contributed by atoms with Crippen LogP contribution in [0.1, 0.15) is 29.5 Å². The van der Waals surface area contributed by atoms with Gasteiger partial charge in [-0.1, -0.05) is 72.3 Å². The van der Waals surface area contributed by atoms with Crippen LogP contribution in [0, 0.1) is 6.92 Å². The van der Waals surface area contributed by atoms with Crippen LogP contribution < -0.4 is 0 Å². The van der Waals surface area contributed by atoms with E-state index in [9.17, 15) is 9.59 Å². The first kappa shape index (κ1) is 18.6. The van der Waals surface area contributed by atoms with Gasteiger partial charge in [0.2, 0.25) is 0 Å². The van der Waals surface area contributed by atoms with Crippen molar-refractivity contribution in [3.63, 3.8) is 0 Å². The molecule has 3 rings (SSSR count). The number of esters is 2. The Morgan fingerprint density at radius 1 is 0.889 bits per heavy atom. The molecule has 0 aromatic heterocycles. The predicted octanol–water partition coefficient (Wildman–Crippen LogP) is 4.54. The minimum absolute atomic E-state index is 0.164. The highest BCUT2D eigenvalue weighted by Gasteiger charge is 2.19. The highest BCUT2D eigenvalue weighted by Crippen LogP contribution is 2.23. The van der Waals surface area contributed by atoms with Crippen LogP contribution in [0.15, 0.2) is 66.7 Å². The van der Waals surface area contributed by atoms with E-state index < -0.39 is 17.9 Å². The van der Waals surface area contributed by atoms with Gasteiger partial charge >= 0.3 is 11.9 Å². The molecule has 1 unspecified atom stereocenters. The molecule has 0 aliphatic heterocycles. The molecule has 0 amide bonds. The van der Waals surface area contributed by atoms with Crippen molar-refractivity contribution in [2.24, 2.45) is 0 Å². The molecule has 0 heterocycles. The van der Waals surface area contributed by atoms with E-state index in [1.807, 2.05) is 67.6 Å². The van der Waals surface area contributed by atoms with Crippen molar-refractivity contribution in [3.8, 4) is 0 Å². The smallest absolute Gasteiger partial charge is 0.344 e. The summed E-state index contributed by atoms with van der Waals surface area (Å²) >= 11 is 0. The van der Waals surface area contributed by atoms with Crippen LogP contribution in [0.2, 0.25) is 0 Å². The van der Waals surface area contributed by atoms with Gasteiger partial charge in [-0.2, -0.15) is 0 Å². The summed E-state index contributed by atoms with van der Waals surface area (Å²) in [6.07, 6.45) is 0. The minimum atomic E-state index is -0.562. The van der Waals surface area contributed by atoms with E-state index in [2.05, 4.69) is 6.07 Å². The highest BCUT2D eigenvalue weighted by molar-refractivity contribution is 5.86. The Labute approximate surface area is 158 Å². The van der Waals surface area contributed by atoms with Crippen molar-refractivity contribution in [1.29, 1.82) is 0 Å². The maximum Gasteiger partial charge on any atom is 0.344 e. The normalized spacial score (nSPS) is 11.8. The van der Waals surface area contributed by atoms with Crippen molar-refractivity contribution in [1.82, 2.24) is 0 Å². The second-order valence-electron chi connectivity index (χ2n) is 6.59. The molecule has 0 bridgehead atoms. The van der Waals surface area contributed by atoms with Crippen LogP contribution in [0.25, 0.3) is 10.8 Å². The third-order valence-corrected chi connectivity index (χ3v) is 4.45. The van der Waals surface area contributed by atoms with Gasteiger partial charge < -0.3 is 9.47 Å². The van der Waals surface area contributed by atoms with Gasteiger partial charge in [0, 0.05) is 0 Å². The lowest BCUT2D eigenvalue weighted by Gasteiger charge is -2.13. The quantitative estimate of drug-likeness (QED) is 0.604. The van der Waals surface area contributed by atoms with E-state index in [4.69, 9.17) is 9.47 Å². The molecule has 4 heteroatoms. The Kier molecular flexibility index (Phi) is 5.87. The average molecular weight is 362 g/mol. The van der Waals surface area contributed by atoms with Crippen LogP contribution >= 0.6 is 0 Å². The monoisotopic (exact) mass is 362 g/mol.